The van der Waals surface area contributed by atoms with Crippen molar-refractivity contribution in [1.82, 2.24) is 9.97 Å². The average Bonchev–Trinajstić information content (AvgIpc) is 2.96. The van der Waals surface area contributed by atoms with E-state index in [2.05, 4.69) is 15.3 Å². The number of hydrogen-bond acceptors (Lipinski definition) is 6. The third-order valence-electron chi connectivity index (χ3n) is 2.79. The summed E-state index contributed by atoms with van der Waals surface area (Å²) in [6.07, 6.45) is 2.05. The summed E-state index contributed by atoms with van der Waals surface area (Å²) in [7, 11) is 1.80. The molecule has 0 unspecified atom stereocenters. The number of ether oxygens (including phenoxy) is 1. The minimum absolute atomic E-state index is 0.565. The zero-order valence-electron chi connectivity index (χ0n) is 11.1. The van der Waals surface area contributed by atoms with E-state index in [1.54, 1.807) is 30.1 Å². The maximum Gasteiger partial charge on any atom is 0.232 e. The third kappa shape index (κ3) is 2.57. The molecule has 2 aromatic heterocycles. The van der Waals surface area contributed by atoms with E-state index in [0.29, 0.717) is 11.8 Å². The van der Waals surface area contributed by atoms with Crippen LogP contribution in [0.5, 0.6) is 11.6 Å². The first-order chi connectivity index (χ1) is 9.80. The van der Waals surface area contributed by atoms with Gasteiger partial charge in [-0.15, -0.1) is 23.1 Å². The van der Waals surface area contributed by atoms with E-state index in [-0.39, 0.29) is 0 Å². The lowest BCUT2D eigenvalue weighted by Gasteiger charge is -2.08. The van der Waals surface area contributed by atoms with Crippen LogP contribution in [0.25, 0.3) is 10.2 Å². The van der Waals surface area contributed by atoms with Crippen molar-refractivity contribution in [3.63, 3.8) is 0 Å². The number of nitrogens with one attached hydrogen (secondary N) is 1. The minimum Gasteiger partial charge on any atom is -0.438 e. The van der Waals surface area contributed by atoms with Gasteiger partial charge in [0.25, 0.3) is 0 Å². The first-order valence-corrected chi connectivity index (χ1v) is 8.15. The molecule has 1 N–H and O–H groups in total. The lowest BCUT2D eigenvalue weighted by Crippen LogP contribution is -1.98. The second kappa shape index (κ2) is 5.68. The Labute approximate surface area is 125 Å². The van der Waals surface area contributed by atoms with E-state index in [9.17, 15) is 0 Å². The second-order valence-corrected chi connectivity index (χ2v) is 5.79. The van der Waals surface area contributed by atoms with Crippen LogP contribution >= 0.6 is 23.1 Å². The number of benzene rings is 1. The maximum absolute atomic E-state index is 5.90. The van der Waals surface area contributed by atoms with Gasteiger partial charge in [-0.3, -0.25) is 0 Å². The van der Waals surface area contributed by atoms with Crippen molar-refractivity contribution in [3.05, 3.63) is 35.7 Å². The van der Waals surface area contributed by atoms with Gasteiger partial charge in [-0.2, -0.15) is 4.98 Å². The highest BCUT2D eigenvalue weighted by molar-refractivity contribution is 7.98. The smallest absolute Gasteiger partial charge is 0.232 e. The standard InChI is InChI=1S/C14H13N3OS2/c1-15-14-16-12(11-7-8-20-13(11)17-14)18-9-3-5-10(19-2)6-4-9/h3-8H,1-2H3,(H,15,16,17). The van der Waals surface area contributed by atoms with E-state index >= 15 is 0 Å². The molecule has 6 heteroatoms. The zero-order chi connectivity index (χ0) is 13.9. The highest BCUT2D eigenvalue weighted by Gasteiger charge is 2.10. The van der Waals surface area contributed by atoms with Gasteiger partial charge in [0, 0.05) is 11.9 Å². The Kier molecular flexibility index (Phi) is 3.75. The number of hydrogen-bond donors (Lipinski definition) is 1. The van der Waals surface area contributed by atoms with Crippen molar-refractivity contribution >= 4 is 39.3 Å². The van der Waals surface area contributed by atoms with Crippen molar-refractivity contribution < 1.29 is 4.74 Å². The highest BCUT2D eigenvalue weighted by Crippen LogP contribution is 2.31. The molecule has 102 valence electrons. The molecule has 0 fully saturated rings. The molecule has 0 saturated heterocycles. The number of anilines is 1. The van der Waals surface area contributed by atoms with E-state index in [1.165, 1.54) is 4.90 Å². The molecular formula is C14H13N3OS2. The summed E-state index contributed by atoms with van der Waals surface area (Å²) in [6.45, 7) is 0. The Morgan fingerprint density at radius 3 is 2.65 bits per heavy atom. The van der Waals surface area contributed by atoms with Crippen molar-refractivity contribution in [2.24, 2.45) is 0 Å². The molecule has 3 rings (SSSR count). The summed E-state index contributed by atoms with van der Waals surface area (Å²) in [6, 6.07) is 9.94. The van der Waals surface area contributed by atoms with Crippen LogP contribution in [0.3, 0.4) is 0 Å². The van der Waals surface area contributed by atoms with Gasteiger partial charge in [0.2, 0.25) is 11.8 Å². The molecule has 0 amide bonds. The lowest BCUT2D eigenvalue weighted by molar-refractivity contribution is 0.469. The van der Waals surface area contributed by atoms with Crippen molar-refractivity contribution in [1.29, 1.82) is 0 Å². The second-order valence-electron chi connectivity index (χ2n) is 4.02. The molecule has 0 bridgehead atoms. The number of thiophene rings is 1. The van der Waals surface area contributed by atoms with Crippen LogP contribution in [0.2, 0.25) is 0 Å². The monoisotopic (exact) mass is 303 g/mol. The summed E-state index contributed by atoms with van der Waals surface area (Å²) in [5.74, 6) is 1.92. The topological polar surface area (TPSA) is 47.0 Å². The van der Waals surface area contributed by atoms with Gasteiger partial charge in [0.15, 0.2) is 0 Å². The molecular weight excluding hydrogens is 290 g/mol. The van der Waals surface area contributed by atoms with Crippen molar-refractivity contribution in [3.8, 4) is 11.6 Å². The Hall–Kier alpha value is -1.79. The summed E-state index contributed by atoms with van der Waals surface area (Å²) in [4.78, 5) is 10.9. The summed E-state index contributed by atoms with van der Waals surface area (Å²) < 4.78 is 5.90. The summed E-state index contributed by atoms with van der Waals surface area (Å²) >= 11 is 3.28. The number of fused-ring (bicyclic) bond motifs is 1. The molecule has 3 aromatic rings. The number of aromatic nitrogens is 2. The predicted molar refractivity (Wildman–Crippen MR) is 85.3 cm³/mol. The van der Waals surface area contributed by atoms with Crippen molar-refractivity contribution in [2.75, 3.05) is 18.6 Å². The zero-order valence-corrected chi connectivity index (χ0v) is 12.7. The number of rotatable bonds is 4. The highest BCUT2D eigenvalue weighted by atomic mass is 32.2. The van der Waals surface area contributed by atoms with E-state index in [0.717, 1.165) is 16.0 Å². The summed E-state index contributed by atoms with van der Waals surface area (Å²) in [5.41, 5.74) is 0. The number of nitrogens with zero attached hydrogens (tertiary/aromatic N) is 2. The lowest BCUT2D eigenvalue weighted by atomic mass is 10.3. The van der Waals surface area contributed by atoms with Gasteiger partial charge in [0.05, 0.1) is 5.39 Å². The average molecular weight is 303 g/mol. The third-order valence-corrected chi connectivity index (χ3v) is 4.34. The van der Waals surface area contributed by atoms with Crippen LogP contribution in [0.4, 0.5) is 5.95 Å². The van der Waals surface area contributed by atoms with Gasteiger partial charge in [-0.1, -0.05) is 0 Å². The molecule has 0 aliphatic rings. The van der Waals surface area contributed by atoms with Crippen LogP contribution in [0.1, 0.15) is 0 Å². The van der Waals surface area contributed by atoms with Crippen LogP contribution < -0.4 is 10.1 Å². The fraction of sp³-hybridized carbons (Fsp3) is 0.143. The molecule has 2 heterocycles. The van der Waals surface area contributed by atoms with Crippen LogP contribution in [0.15, 0.2) is 40.6 Å². The molecule has 0 spiro atoms. The Bertz CT molecular complexity index is 725. The first-order valence-electron chi connectivity index (χ1n) is 6.05. The fourth-order valence-corrected chi connectivity index (χ4v) is 2.94. The minimum atomic E-state index is 0.565. The van der Waals surface area contributed by atoms with E-state index < -0.39 is 0 Å². The van der Waals surface area contributed by atoms with Gasteiger partial charge in [0.1, 0.15) is 10.6 Å². The van der Waals surface area contributed by atoms with Gasteiger partial charge in [-0.25, -0.2) is 4.98 Å². The van der Waals surface area contributed by atoms with Crippen LogP contribution in [0, 0.1) is 0 Å². The Morgan fingerprint density at radius 2 is 1.95 bits per heavy atom. The predicted octanol–water partition coefficient (Wildman–Crippen LogP) is 4.25. The summed E-state index contributed by atoms with van der Waals surface area (Å²) in [5, 5.41) is 5.88. The molecule has 0 atom stereocenters. The van der Waals surface area contributed by atoms with Gasteiger partial charge < -0.3 is 10.1 Å². The van der Waals surface area contributed by atoms with Gasteiger partial charge in [-0.05, 0) is 42.0 Å². The molecule has 0 radical (unpaired) electrons. The van der Waals surface area contributed by atoms with Crippen LogP contribution in [-0.4, -0.2) is 23.3 Å². The molecule has 4 nitrogen and oxygen atoms in total. The van der Waals surface area contributed by atoms with Gasteiger partial charge >= 0.3 is 0 Å². The maximum atomic E-state index is 5.90. The molecule has 0 aliphatic heterocycles. The van der Waals surface area contributed by atoms with Crippen molar-refractivity contribution in [2.45, 2.75) is 4.90 Å². The Balaban J connectivity index is 1.98. The Morgan fingerprint density at radius 1 is 1.15 bits per heavy atom. The van der Waals surface area contributed by atoms with Crippen LogP contribution in [-0.2, 0) is 0 Å². The van der Waals surface area contributed by atoms with E-state index in [1.807, 2.05) is 42.0 Å². The quantitative estimate of drug-likeness (QED) is 0.730. The first kappa shape index (κ1) is 13.2. The fourth-order valence-electron chi connectivity index (χ4n) is 1.77. The molecule has 0 saturated carbocycles. The van der Waals surface area contributed by atoms with E-state index in [4.69, 9.17) is 4.74 Å². The normalized spacial score (nSPS) is 10.7. The SMILES string of the molecule is CNc1nc(Oc2ccc(SC)cc2)c2ccsc2n1. The molecule has 1 aromatic carbocycles. The molecule has 20 heavy (non-hydrogen) atoms. The molecule has 0 aliphatic carbocycles. The largest absolute Gasteiger partial charge is 0.438 e. The number of thioether (sulfide) groups is 1.